The molecular formula is C13H9ClN3O. The largest absolute Gasteiger partial charge is 0.436 e. The van der Waals surface area contributed by atoms with E-state index in [2.05, 4.69) is 16.0 Å². The maximum Gasteiger partial charge on any atom is 0.247 e. The van der Waals surface area contributed by atoms with Crippen LogP contribution in [0, 0.1) is 6.07 Å². The second-order valence-electron chi connectivity index (χ2n) is 3.80. The summed E-state index contributed by atoms with van der Waals surface area (Å²) in [7, 11) is 1.92. The van der Waals surface area contributed by atoms with E-state index < -0.39 is 0 Å². The van der Waals surface area contributed by atoms with Gasteiger partial charge in [0.25, 0.3) is 0 Å². The van der Waals surface area contributed by atoms with Gasteiger partial charge in [0.2, 0.25) is 5.88 Å². The number of halogens is 1. The fourth-order valence-corrected chi connectivity index (χ4v) is 1.91. The van der Waals surface area contributed by atoms with Crippen LogP contribution in [-0.2, 0) is 7.05 Å². The zero-order valence-electron chi connectivity index (χ0n) is 9.59. The fourth-order valence-electron chi connectivity index (χ4n) is 1.75. The molecule has 0 aliphatic carbocycles. The Kier molecular flexibility index (Phi) is 2.64. The second-order valence-corrected chi connectivity index (χ2v) is 4.21. The number of ether oxygens (including phenoxy) is 1. The molecule has 0 fully saturated rings. The molecule has 2 aromatic heterocycles. The summed E-state index contributed by atoms with van der Waals surface area (Å²) < 4.78 is 7.61. The molecule has 0 bridgehead atoms. The van der Waals surface area contributed by atoms with Gasteiger partial charge in [-0.1, -0.05) is 17.7 Å². The van der Waals surface area contributed by atoms with E-state index in [-0.39, 0.29) is 0 Å². The molecule has 4 nitrogen and oxygen atoms in total. The quantitative estimate of drug-likeness (QED) is 0.709. The number of aryl methyl sites for hydroxylation is 1. The molecule has 0 saturated carbocycles. The summed E-state index contributed by atoms with van der Waals surface area (Å²) >= 11 is 5.87. The Balaban J connectivity index is 2.07. The smallest absolute Gasteiger partial charge is 0.247 e. The molecule has 0 N–H and O–H groups in total. The van der Waals surface area contributed by atoms with Crippen LogP contribution in [0.15, 0.2) is 36.8 Å². The first-order valence-corrected chi connectivity index (χ1v) is 5.73. The lowest BCUT2D eigenvalue weighted by molar-refractivity contribution is 0.464. The van der Waals surface area contributed by atoms with Crippen LogP contribution in [0.25, 0.3) is 11.0 Å². The Morgan fingerprint density at radius 2 is 2.17 bits per heavy atom. The molecule has 18 heavy (non-hydrogen) atoms. The molecule has 0 saturated heterocycles. The summed E-state index contributed by atoms with van der Waals surface area (Å²) in [6.07, 6.45) is 3.39. The second kappa shape index (κ2) is 4.31. The Hall–Kier alpha value is -2.07. The molecule has 5 heteroatoms. The Bertz CT molecular complexity index is 708. The molecule has 0 amide bonds. The van der Waals surface area contributed by atoms with Gasteiger partial charge in [-0.3, -0.25) is 0 Å². The summed E-state index contributed by atoms with van der Waals surface area (Å²) in [5, 5.41) is 0.504. The fraction of sp³-hybridized carbons (Fsp3) is 0.0769. The summed E-state index contributed by atoms with van der Waals surface area (Å²) in [5.41, 5.74) is 1.68. The predicted octanol–water partition coefficient (Wildman–Crippen LogP) is 3.21. The van der Waals surface area contributed by atoms with Gasteiger partial charge >= 0.3 is 0 Å². The molecule has 1 aromatic carbocycles. The van der Waals surface area contributed by atoms with Crippen molar-refractivity contribution in [3.05, 3.63) is 47.9 Å². The maximum absolute atomic E-state index is 5.87. The van der Waals surface area contributed by atoms with Gasteiger partial charge < -0.3 is 9.30 Å². The topological polar surface area (TPSA) is 39.9 Å². The van der Waals surface area contributed by atoms with Gasteiger partial charge in [-0.05, 0) is 18.2 Å². The van der Waals surface area contributed by atoms with Gasteiger partial charge in [-0.2, -0.15) is 4.98 Å². The first kappa shape index (κ1) is 11.0. The molecule has 0 unspecified atom stereocenters. The van der Waals surface area contributed by atoms with Crippen LogP contribution in [-0.4, -0.2) is 14.5 Å². The van der Waals surface area contributed by atoms with Crippen LogP contribution in [0.4, 0.5) is 0 Å². The lowest BCUT2D eigenvalue weighted by Crippen LogP contribution is -1.94. The van der Waals surface area contributed by atoms with Crippen molar-refractivity contribution in [1.29, 1.82) is 0 Å². The number of fused-ring (bicyclic) bond motifs is 1. The SMILES string of the molecule is Cn1ccc2ncnc(Oc3[c]c(Cl)ccc3)c21. The van der Waals surface area contributed by atoms with Crippen molar-refractivity contribution in [3.63, 3.8) is 0 Å². The monoisotopic (exact) mass is 258 g/mol. The zero-order valence-corrected chi connectivity index (χ0v) is 10.3. The molecule has 0 spiro atoms. The molecule has 89 valence electrons. The first-order valence-electron chi connectivity index (χ1n) is 5.36. The van der Waals surface area contributed by atoms with Gasteiger partial charge in [0.05, 0.1) is 10.5 Å². The van der Waals surface area contributed by atoms with Gasteiger partial charge in [0, 0.05) is 19.3 Å². The minimum absolute atomic E-state index is 0.492. The van der Waals surface area contributed by atoms with Crippen LogP contribution in [0.2, 0.25) is 5.02 Å². The standard InChI is InChI=1S/C13H9ClN3O/c1-17-6-5-11-12(17)13(16-8-15-11)18-10-4-2-3-9(14)7-10/h2-6,8H,1H3. The zero-order chi connectivity index (χ0) is 12.5. The van der Waals surface area contributed by atoms with Crippen LogP contribution >= 0.6 is 11.6 Å². The van der Waals surface area contributed by atoms with Gasteiger partial charge in [0.15, 0.2) is 0 Å². The van der Waals surface area contributed by atoms with E-state index in [1.165, 1.54) is 6.33 Å². The van der Waals surface area contributed by atoms with E-state index in [0.717, 1.165) is 11.0 Å². The third-order valence-electron chi connectivity index (χ3n) is 2.57. The van der Waals surface area contributed by atoms with Crippen molar-refractivity contribution >= 4 is 22.6 Å². The summed E-state index contributed by atoms with van der Waals surface area (Å²) in [5.74, 6) is 1.02. The molecule has 1 radical (unpaired) electrons. The molecule has 3 rings (SSSR count). The highest BCUT2D eigenvalue weighted by Gasteiger charge is 2.09. The van der Waals surface area contributed by atoms with Crippen molar-refractivity contribution in [1.82, 2.24) is 14.5 Å². The van der Waals surface area contributed by atoms with Crippen molar-refractivity contribution in [2.75, 3.05) is 0 Å². The minimum Gasteiger partial charge on any atom is -0.436 e. The highest BCUT2D eigenvalue weighted by atomic mass is 35.5. The van der Waals surface area contributed by atoms with Crippen LogP contribution in [0.1, 0.15) is 0 Å². The van der Waals surface area contributed by atoms with E-state index >= 15 is 0 Å². The number of hydrogen-bond acceptors (Lipinski definition) is 3. The Labute approximate surface area is 109 Å². The van der Waals surface area contributed by atoms with Crippen LogP contribution in [0.5, 0.6) is 11.6 Å². The van der Waals surface area contributed by atoms with Crippen molar-refractivity contribution < 1.29 is 4.74 Å². The van der Waals surface area contributed by atoms with Crippen LogP contribution in [0.3, 0.4) is 0 Å². The molecule has 0 aliphatic heterocycles. The minimum atomic E-state index is 0.492. The van der Waals surface area contributed by atoms with E-state index in [1.54, 1.807) is 18.2 Å². The Morgan fingerprint density at radius 3 is 3.00 bits per heavy atom. The first-order chi connectivity index (χ1) is 8.74. The van der Waals surface area contributed by atoms with E-state index in [9.17, 15) is 0 Å². The number of rotatable bonds is 2. The molecule has 0 atom stereocenters. The normalized spacial score (nSPS) is 10.8. The lowest BCUT2D eigenvalue weighted by atomic mass is 10.3. The van der Waals surface area contributed by atoms with Crippen molar-refractivity contribution in [2.24, 2.45) is 7.05 Å². The maximum atomic E-state index is 5.87. The number of hydrogen-bond donors (Lipinski definition) is 0. The van der Waals surface area contributed by atoms with E-state index in [0.29, 0.717) is 16.7 Å². The molecule has 0 aliphatic rings. The van der Waals surface area contributed by atoms with Gasteiger partial charge in [-0.15, -0.1) is 0 Å². The predicted molar refractivity (Wildman–Crippen MR) is 68.9 cm³/mol. The summed E-state index contributed by atoms with van der Waals surface area (Å²) in [6, 6.07) is 10.1. The van der Waals surface area contributed by atoms with E-state index in [1.807, 2.05) is 23.9 Å². The molecule has 3 aromatic rings. The average Bonchev–Trinajstić information content (AvgIpc) is 2.72. The molecule has 2 heterocycles. The van der Waals surface area contributed by atoms with Crippen LogP contribution < -0.4 is 4.74 Å². The summed E-state index contributed by atoms with van der Waals surface area (Å²) in [6.45, 7) is 0. The van der Waals surface area contributed by atoms with E-state index in [4.69, 9.17) is 16.3 Å². The highest BCUT2D eigenvalue weighted by Crippen LogP contribution is 2.27. The third-order valence-corrected chi connectivity index (χ3v) is 2.79. The number of aromatic nitrogens is 3. The van der Waals surface area contributed by atoms with Gasteiger partial charge in [-0.25, -0.2) is 4.98 Å². The van der Waals surface area contributed by atoms with Gasteiger partial charge in [0.1, 0.15) is 17.6 Å². The van der Waals surface area contributed by atoms with Crippen molar-refractivity contribution in [3.8, 4) is 11.6 Å². The lowest BCUT2D eigenvalue weighted by Gasteiger charge is -2.06. The average molecular weight is 259 g/mol. The summed E-state index contributed by atoms with van der Waals surface area (Å²) in [4.78, 5) is 8.32. The number of nitrogens with zero attached hydrogens (tertiary/aromatic N) is 3. The third kappa shape index (κ3) is 1.91. The number of benzene rings is 1. The molecular weight excluding hydrogens is 250 g/mol. The van der Waals surface area contributed by atoms with Crippen molar-refractivity contribution in [2.45, 2.75) is 0 Å². The highest BCUT2D eigenvalue weighted by molar-refractivity contribution is 6.30. The Morgan fingerprint density at radius 1 is 1.28 bits per heavy atom.